The number of rotatable bonds is 6. The lowest BCUT2D eigenvalue weighted by Gasteiger charge is -2.34. The number of carbonyl (C=O) groups is 1. The highest BCUT2D eigenvalue weighted by Gasteiger charge is 2.31. The largest absolute Gasteiger partial charge is 0.395 e. The van der Waals surface area contributed by atoms with Crippen LogP contribution in [0.4, 0.5) is 0 Å². The first kappa shape index (κ1) is 15.4. The number of unbranched alkanes of at least 4 members (excludes halogenated alkanes) is 1. The van der Waals surface area contributed by atoms with E-state index in [-0.39, 0.29) is 24.5 Å². The minimum atomic E-state index is 0.0528. The summed E-state index contributed by atoms with van der Waals surface area (Å²) in [7, 11) is 0. The zero-order valence-electron chi connectivity index (χ0n) is 11.8. The van der Waals surface area contributed by atoms with Crippen LogP contribution < -0.4 is 5.73 Å². The van der Waals surface area contributed by atoms with Crippen molar-refractivity contribution in [2.45, 2.75) is 52.0 Å². The predicted octanol–water partition coefficient (Wildman–Crippen LogP) is 1.37. The van der Waals surface area contributed by atoms with Crippen LogP contribution in [-0.2, 0) is 4.79 Å². The molecule has 0 radical (unpaired) electrons. The van der Waals surface area contributed by atoms with Crippen molar-refractivity contribution in [2.75, 3.05) is 19.7 Å². The Hall–Kier alpha value is -0.610. The van der Waals surface area contributed by atoms with Crippen LogP contribution in [0, 0.1) is 11.8 Å². The number of aliphatic hydroxyl groups is 1. The third kappa shape index (κ3) is 4.25. The van der Waals surface area contributed by atoms with E-state index in [0.29, 0.717) is 12.5 Å². The minimum Gasteiger partial charge on any atom is -0.395 e. The minimum absolute atomic E-state index is 0.0528. The molecule has 1 aliphatic rings. The first-order valence-electron chi connectivity index (χ1n) is 7.25. The van der Waals surface area contributed by atoms with E-state index in [9.17, 15) is 4.79 Å². The second-order valence-electron chi connectivity index (χ2n) is 5.55. The Morgan fingerprint density at radius 2 is 2.11 bits per heavy atom. The van der Waals surface area contributed by atoms with Crippen molar-refractivity contribution in [3.8, 4) is 0 Å². The fraction of sp³-hybridized carbons (Fsp3) is 0.929. The van der Waals surface area contributed by atoms with Gasteiger partial charge in [-0.2, -0.15) is 0 Å². The molecule has 0 aromatic rings. The van der Waals surface area contributed by atoms with Gasteiger partial charge in [-0.3, -0.25) is 4.79 Å². The van der Waals surface area contributed by atoms with Crippen LogP contribution in [0.5, 0.6) is 0 Å². The van der Waals surface area contributed by atoms with Gasteiger partial charge in [0.2, 0.25) is 5.91 Å². The SMILES string of the molecule is CCCCN(CCO)C(=O)C1CCC(N)C(C)C1. The predicted molar refractivity (Wildman–Crippen MR) is 73.1 cm³/mol. The number of amides is 1. The molecule has 1 rings (SSSR count). The van der Waals surface area contributed by atoms with Gasteiger partial charge < -0.3 is 15.7 Å². The molecule has 3 N–H and O–H groups in total. The van der Waals surface area contributed by atoms with Gasteiger partial charge in [-0.15, -0.1) is 0 Å². The number of hydrogen-bond acceptors (Lipinski definition) is 3. The van der Waals surface area contributed by atoms with Gasteiger partial charge in [0.15, 0.2) is 0 Å². The number of nitrogens with zero attached hydrogens (tertiary/aromatic N) is 1. The maximum Gasteiger partial charge on any atom is 0.225 e. The Morgan fingerprint density at radius 1 is 1.39 bits per heavy atom. The molecule has 18 heavy (non-hydrogen) atoms. The molecule has 1 amide bonds. The number of aliphatic hydroxyl groups excluding tert-OH is 1. The van der Waals surface area contributed by atoms with E-state index in [4.69, 9.17) is 10.8 Å². The molecule has 0 bridgehead atoms. The molecule has 4 nitrogen and oxygen atoms in total. The summed E-state index contributed by atoms with van der Waals surface area (Å²) in [5, 5.41) is 9.06. The first-order chi connectivity index (χ1) is 8.60. The Kier molecular flexibility index (Phi) is 6.65. The molecule has 1 aliphatic carbocycles. The van der Waals surface area contributed by atoms with E-state index < -0.39 is 0 Å². The smallest absolute Gasteiger partial charge is 0.225 e. The van der Waals surface area contributed by atoms with Gasteiger partial charge in [0.05, 0.1) is 6.61 Å². The lowest BCUT2D eigenvalue weighted by Crippen LogP contribution is -2.43. The molecule has 1 fully saturated rings. The second-order valence-corrected chi connectivity index (χ2v) is 5.55. The maximum absolute atomic E-state index is 12.4. The molecule has 3 unspecified atom stereocenters. The monoisotopic (exact) mass is 256 g/mol. The van der Waals surface area contributed by atoms with Crippen molar-refractivity contribution in [3.63, 3.8) is 0 Å². The van der Waals surface area contributed by atoms with Crippen LogP contribution in [-0.4, -0.2) is 41.7 Å². The zero-order valence-corrected chi connectivity index (χ0v) is 11.8. The van der Waals surface area contributed by atoms with Gasteiger partial charge in [-0.25, -0.2) is 0 Å². The molecule has 0 heterocycles. The van der Waals surface area contributed by atoms with E-state index in [0.717, 1.165) is 38.6 Å². The van der Waals surface area contributed by atoms with Crippen molar-refractivity contribution in [3.05, 3.63) is 0 Å². The van der Waals surface area contributed by atoms with Crippen LogP contribution in [0.25, 0.3) is 0 Å². The van der Waals surface area contributed by atoms with E-state index in [1.165, 1.54) is 0 Å². The molecule has 1 saturated carbocycles. The van der Waals surface area contributed by atoms with Crippen LogP contribution in [0.2, 0.25) is 0 Å². The molecule has 0 spiro atoms. The summed E-state index contributed by atoms with van der Waals surface area (Å²) in [4.78, 5) is 14.3. The van der Waals surface area contributed by atoms with E-state index in [1.54, 1.807) is 0 Å². The average Bonchev–Trinajstić information content (AvgIpc) is 2.37. The van der Waals surface area contributed by atoms with E-state index >= 15 is 0 Å². The molecule has 0 aromatic carbocycles. The highest BCUT2D eigenvalue weighted by molar-refractivity contribution is 5.79. The number of hydrogen-bond donors (Lipinski definition) is 2. The fourth-order valence-corrected chi connectivity index (χ4v) is 2.70. The molecule has 3 atom stereocenters. The Morgan fingerprint density at radius 3 is 2.67 bits per heavy atom. The normalized spacial score (nSPS) is 28.1. The van der Waals surface area contributed by atoms with Crippen LogP contribution in [0.3, 0.4) is 0 Å². The molecule has 0 aromatic heterocycles. The van der Waals surface area contributed by atoms with Crippen LogP contribution >= 0.6 is 0 Å². The summed E-state index contributed by atoms with van der Waals surface area (Å²) in [5.41, 5.74) is 5.99. The maximum atomic E-state index is 12.4. The van der Waals surface area contributed by atoms with Crippen LogP contribution in [0.1, 0.15) is 46.0 Å². The van der Waals surface area contributed by atoms with Crippen molar-refractivity contribution >= 4 is 5.91 Å². The van der Waals surface area contributed by atoms with E-state index in [1.807, 2.05) is 4.90 Å². The summed E-state index contributed by atoms with van der Waals surface area (Å²) < 4.78 is 0. The molecule has 0 saturated heterocycles. The second kappa shape index (κ2) is 7.74. The Bertz CT molecular complexity index is 252. The van der Waals surface area contributed by atoms with Gasteiger partial charge in [-0.05, 0) is 31.6 Å². The van der Waals surface area contributed by atoms with Gasteiger partial charge >= 0.3 is 0 Å². The van der Waals surface area contributed by atoms with Crippen molar-refractivity contribution in [1.82, 2.24) is 4.90 Å². The lowest BCUT2D eigenvalue weighted by atomic mass is 9.78. The van der Waals surface area contributed by atoms with Crippen molar-refractivity contribution in [2.24, 2.45) is 17.6 Å². The average molecular weight is 256 g/mol. The highest BCUT2D eigenvalue weighted by atomic mass is 16.3. The molecular formula is C14H28N2O2. The topological polar surface area (TPSA) is 66.6 Å². The Balaban J connectivity index is 2.53. The van der Waals surface area contributed by atoms with E-state index in [2.05, 4.69) is 13.8 Å². The number of carbonyl (C=O) groups excluding carboxylic acids is 1. The third-order valence-corrected chi connectivity index (χ3v) is 4.05. The van der Waals surface area contributed by atoms with Gasteiger partial charge in [0.25, 0.3) is 0 Å². The quantitative estimate of drug-likeness (QED) is 0.754. The van der Waals surface area contributed by atoms with Crippen molar-refractivity contribution < 1.29 is 9.90 Å². The summed E-state index contributed by atoms with van der Waals surface area (Å²) in [6.07, 6.45) is 4.82. The van der Waals surface area contributed by atoms with Gasteiger partial charge in [-0.1, -0.05) is 20.3 Å². The van der Waals surface area contributed by atoms with Crippen LogP contribution in [0.15, 0.2) is 0 Å². The Labute approximate surface area is 111 Å². The summed E-state index contributed by atoms with van der Waals surface area (Å²) in [6, 6.07) is 0.246. The number of nitrogens with two attached hydrogens (primary N) is 1. The fourth-order valence-electron chi connectivity index (χ4n) is 2.70. The summed E-state index contributed by atoms with van der Waals surface area (Å²) in [5.74, 6) is 0.759. The highest BCUT2D eigenvalue weighted by Crippen LogP contribution is 2.29. The summed E-state index contributed by atoms with van der Waals surface area (Å²) in [6.45, 7) is 5.54. The van der Waals surface area contributed by atoms with Gasteiger partial charge in [0.1, 0.15) is 0 Å². The first-order valence-corrected chi connectivity index (χ1v) is 7.25. The third-order valence-electron chi connectivity index (χ3n) is 4.05. The standard InChI is InChI=1S/C14H28N2O2/c1-3-4-7-16(8-9-17)14(18)12-5-6-13(15)11(2)10-12/h11-13,17H,3-10,15H2,1-2H3. The molecular weight excluding hydrogens is 228 g/mol. The summed E-state index contributed by atoms with van der Waals surface area (Å²) >= 11 is 0. The molecule has 0 aliphatic heterocycles. The lowest BCUT2D eigenvalue weighted by molar-refractivity contribution is -0.137. The van der Waals surface area contributed by atoms with Crippen molar-refractivity contribution in [1.29, 1.82) is 0 Å². The molecule has 106 valence electrons. The molecule has 4 heteroatoms. The van der Waals surface area contributed by atoms with Gasteiger partial charge in [0, 0.05) is 25.0 Å². The zero-order chi connectivity index (χ0) is 13.5.